The van der Waals surface area contributed by atoms with E-state index in [2.05, 4.69) is 6.92 Å². The molecule has 1 aromatic rings. The van der Waals surface area contributed by atoms with Gasteiger partial charge in [-0.05, 0) is 32.3 Å². The van der Waals surface area contributed by atoms with Crippen molar-refractivity contribution in [2.45, 2.75) is 62.6 Å². The number of epoxide rings is 2. The minimum absolute atomic E-state index is 0.145. The number of carbonyl (C=O) groups is 1. The number of hydrogen-bond donors (Lipinski definition) is 0. The van der Waals surface area contributed by atoms with E-state index in [0.717, 1.165) is 29.7 Å². The second-order valence-electron chi connectivity index (χ2n) is 6.64. The number of esters is 1. The van der Waals surface area contributed by atoms with E-state index < -0.39 is 5.60 Å². The fourth-order valence-electron chi connectivity index (χ4n) is 3.95. The van der Waals surface area contributed by atoms with Crippen LogP contribution in [0.25, 0.3) is 0 Å². The van der Waals surface area contributed by atoms with Gasteiger partial charge in [0.25, 0.3) is 0 Å². The van der Waals surface area contributed by atoms with Crippen LogP contribution in [0.5, 0.6) is 0 Å². The first-order chi connectivity index (χ1) is 9.53. The van der Waals surface area contributed by atoms with Crippen LogP contribution < -0.4 is 0 Å². The Kier molecular flexibility index (Phi) is 1.77. The predicted octanol–water partition coefficient (Wildman–Crippen LogP) is 1.82. The summed E-state index contributed by atoms with van der Waals surface area (Å²) >= 11 is 0. The molecule has 3 aliphatic heterocycles. The Morgan fingerprint density at radius 3 is 3.00 bits per heavy atom. The van der Waals surface area contributed by atoms with Crippen molar-refractivity contribution >= 4 is 5.97 Å². The van der Waals surface area contributed by atoms with Gasteiger partial charge in [-0.25, -0.2) is 4.79 Å². The lowest BCUT2D eigenvalue weighted by atomic mass is 9.88. The number of carbonyl (C=O) groups excluding carboxylic acids is 1. The molecule has 2 bridgehead atoms. The molecule has 0 spiro atoms. The van der Waals surface area contributed by atoms with E-state index in [-0.39, 0.29) is 29.9 Å². The molecule has 20 heavy (non-hydrogen) atoms. The van der Waals surface area contributed by atoms with Crippen molar-refractivity contribution in [3.05, 3.63) is 23.2 Å². The number of fused-ring (bicyclic) bond motifs is 3. The second-order valence-corrected chi connectivity index (χ2v) is 6.64. The summed E-state index contributed by atoms with van der Waals surface area (Å²) in [6.07, 6.45) is 3.73. The van der Waals surface area contributed by atoms with E-state index in [1.165, 1.54) is 0 Å². The molecule has 5 heteroatoms. The summed E-state index contributed by atoms with van der Waals surface area (Å²) in [5, 5.41) is 0. The average Bonchev–Trinajstić information content (AvgIpc) is 3.21. The number of ether oxygens (including phenoxy) is 3. The molecule has 1 aromatic heterocycles. The van der Waals surface area contributed by atoms with Crippen LogP contribution in [0.1, 0.15) is 42.8 Å². The first-order valence-corrected chi connectivity index (χ1v) is 7.17. The number of rotatable bonds is 0. The molecule has 0 amide bonds. The number of hydrogen-bond acceptors (Lipinski definition) is 5. The summed E-state index contributed by atoms with van der Waals surface area (Å²) in [5.74, 6) is 0.654. The van der Waals surface area contributed by atoms with E-state index in [1.54, 1.807) is 6.26 Å². The van der Waals surface area contributed by atoms with Crippen molar-refractivity contribution in [3.8, 4) is 0 Å². The minimum Gasteiger partial charge on any atom is -0.469 e. The summed E-state index contributed by atoms with van der Waals surface area (Å²) in [4.78, 5) is 12.2. The zero-order valence-electron chi connectivity index (χ0n) is 11.5. The zero-order valence-corrected chi connectivity index (χ0v) is 11.5. The molecule has 0 unspecified atom stereocenters. The van der Waals surface area contributed by atoms with E-state index >= 15 is 0 Å². The maximum atomic E-state index is 12.2. The van der Waals surface area contributed by atoms with Crippen LogP contribution in [0.4, 0.5) is 0 Å². The van der Waals surface area contributed by atoms with Gasteiger partial charge in [0.2, 0.25) is 0 Å². The van der Waals surface area contributed by atoms with Crippen LogP contribution in [-0.2, 0) is 25.4 Å². The first kappa shape index (κ1) is 11.3. The van der Waals surface area contributed by atoms with Gasteiger partial charge in [0, 0.05) is 12.0 Å². The maximum Gasteiger partial charge on any atom is 0.342 e. The molecular weight excluding hydrogens is 260 g/mol. The highest BCUT2D eigenvalue weighted by Crippen LogP contribution is 2.59. The molecule has 3 fully saturated rings. The topological polar surface area (TPSA) is 64.5 Å². The summed E-state index contributed by atoms with van der Waals surface area (Å²) in [5.41, 5.74) is 1.13. The summed E-state index contributed by atoms with van der Waals surface area (Å²) in [6.45, 7) is 4.09. The van der Waals surface area contributed by atoms with Gasteiger partial charge >= 0.3 is 5.97 Å². The van der Waals surface area contributed by atoms with Gasteiger partial charge in [-0.1, -0.05) is 0 Å². The third-order valence-corrected chi connectivity index (χ3v) is 5.31. The van der Waals surface area contributed by atoms with Gasteiger partial charge in [-0.15, -0.1) is 0 Å². The summed E-state index contributed by atoms with van der Waals surface area (Å²) in [6, 6.07) is 0. The highest BCUT2D eigenvalue weighted by atomic mass is 16.7. The van der Waals surface area contributed by atoms with Gasteiger partial charge in [-0.3, -0.25) is 0 Å². The van der Waals surface area contributed by atoms with Crippen LogP contribution >= 0.6 is 0 Å². The molecule has 0 aromatic carbocycles. The van der Waals surface area contributed by atoms with Crippen LogP contribution in [0.3, 0.4) is 0 Å². The Hall–Kier alpha value is -1.33. The molecular formula is C15H16O5. The third kappa shape index (κ3) is 1.19. The first-order valence-electron chi connectivity index (χ1n) is 7.17. The van der Waals surface area contributed by atoms with Gasteiger partial charge in [0.15, 0.2) is 11.7 Å². The third-order valence-electron chi connectivity index (χ3n) is 5.31. The molecule has 0 radical (unpaired) electrons. The van der Waals surface area contributed by atoms with Gasteiger partial charge in [0.05, 0.1) is 18.0 Å². The minimum atomic E-state index is -0.712. The summed E-state index contributed by atoms with van der Waals surface area (Å²) < 4.78 is 22.9. The van der Waals surface area contributed by atoms with Gasteiger partial charge in [-0.2, -0.15) is 0 Å². The SMILES string of the molecule is Cc1coc2c1[C@@H]1OC(=O)[C@@]3(CC[C@H]4O[C@@]4(C)C2)O[C@H]13. The van der Waals surface area contributed by atoms with E-state index in [0.29, 0.717) is 6.42 Å². The fourth-order valence-corrected chi connectivity index (χ4v) is 3.95. The Morgan fingerprint density at radius 2 is 2.20 bits per heavy atom. The zero-order chi connectivity index (χ0) is 13.7. The Morgan fingerprint density at radius 1 is 1.35 bits per heavy atom. The molecule has 0 N–H and O–H groups in total. The van der Waals surface area contributed by atoms with Crippen molar-refractivity contribution in [1.29, 1.82) is 0 Å². The molecule has 1 aliphatic carbocycles. The monoisotopic (exact) mass is 276 g/mol. The normalized spacial score (nSPS) is 47.9. The van der Waals surface area contributed by atoms with E-state index in [1.807, 2.05) is 6.92 Å². The van der Waals surface area contributed by atoms with Crippen LogP contribution in [-0.4, -0.2) is 29.4 Å². The Balaban J connectivity index is 1.65. The average molecular weight is 276 g/mol. The molecule has 5 rings (SSSR count). The lowest BCUT2D eigenvalue weighted by Crippen LogP contribution is -2.24. The van der Waals surface area contributed by atoms with Crippen molar-refractivity contribution < 1.29 is 23.4 Å². The Bertz CT molecular complexity index is 634. The molecule has 0 saturated carbocycles. The van der Waals surface area contributed by atoms with Crippen molar-refractivity contribution in [3.63, 3.8) is 0 Å². The molecule has 3 saturated heterocycles. The summed E-state index contributed by atoms with van der Waals surface area (Å²) in [7, 11) is 0. The predicted molar refractivity (Wildman–Crippen MR) is 66.1 cm³/mol. The molecule has 5 atom stereocenters. The van der Waals surface area contributed by atoms with Gasteiger partial charge < -0.3 is 18.6 Å². The molecule has 4 heterocycles. The lowest BCUT2D eigenvalue weighted by Gasteiger charge is -2.14. The largest absolute Gasteiger partial charge is 0.469 e. The number of aryl methyl sites for hydroxylation is 1. The van der Waals surface area contributed by atoms with Crippen molar-refractivity contribution in [2.75, 3.05) is 0 Å². The second kappa shape index (κ2) is 3.12. The van der Waals surface area contributed by atoms with Crippen LogP contribution in [0.15, 0.2) is 10.7 Å². The quantitative estimate of drug-likeness (QED) is 0.534. The molecule has 106 valence electrons. The van der Waals surface area contributed by atoms with Crippen molar-refractivity contribution in [1.82, 2.24) is 0 Å². The maximum absolute atomic E-state index is 12.2. The van der Waals surface area contributed by atoms with Crippen LogP contribution in [0.2, 0.25) is 0 Å². The van der Waals surface area contributed by atoms with Gasteiger partial charge in [0.1, 0.15) is 11.9 Å². The van der Waals surface area contributed by atoms with E-state index in [9.17, 15) is 4.79 Å². The lowest BCUT2D eigenvalue weighted by molar-refractivity contribution is -0.154. The smallest absolute Gasteiger partial charge is 0.342 e. The molecule has 4 aliphatic rings. The highest BCUT2D eigenvalue weighted by molar-refractivity contribution is 5.87. The fraction of sp³-hybridized carbons (Fsp3) is 0.667. The van der Waals surface area contributed by atoms with E-state index in [4.69, 9.17) is 18.6 Å². The Labute approximate surface area is 116 Å². The van der Waals surface area contributed by atoms with Crippen LogP contribution in [0, 0.1) is 6.92 Å². The van der Waals surface area contributed by atoms with Crippen molar-refractivity contribution in [2.24, 2.45) is 0 Å². The number of furan rings is 1. The highest BCUT2D eigenvalue weighted by Gasteiger charge is 2.74. The standard InChI is InChI=1S/C15H16O5/c1-7-6-17-8-5-14(2)9(19-14)3-4-15-12(20-15)11(10(7)8)18-13(15)16/h6,9,11-12H,3-5H2,1-2H3/t9-,11+,12-,14+,15+/m1/s1. The molecule has 5 nitrogen and oxygen atoms in total.